The van der Waals surface area contributed by atoms with Crippen molar-refractivity contribution in [3.8, 4) is 0 Å². The predicted octanol–water partition coefficient (Wildman–Crippen LogP) is 6.17. The van der Waals surface area contributed by atoms with E-state index in [-0.39, 0.29) is 11.8 Å². The molecule has 45 heavy (non-hydrogen) atoms. The van der Waals surface area contributed by atoms with E-state index in [0.717, 1.165) is 0 Å². The van der Waals surface area contributed by atoms with Crippen molar-refractivity contribution in [1.82, 2.24) is 10.6 Å². The second kappa shape index (κ2) is 13.8. The topological polar surface area (TPSA) is 98.7 Å². The van der Waals surface area contributed by atoms with Crippen molar-refractivity contribution >= 4 is 11.8 Å². The molecule has 0 aliphatic carbocycles. The molecule has 4 aromatic rings. The summed E-state index contributed by atoms with van der Waals surface area (Å²) < 4.78 is 0. The Bertz CT molecular complexity index is 1340. The number of benzene rings is 4. The summed E-state index contributed by atoms with van der Waals surface area (Å²) in [5, 5.41) is 31.1. The van der Waals surface area contributed by atoms with Crippen LogP contribution in [-0.4, -0.2) is 34.1 Å². The molecule has 0 bridgehead atoms. The lowest BCUT2D eigenvalue weighted by molar-refractivity contribution is -0.145. The molecule has 0 aromatic heterocycles. The van der Waals surface area contributed by atoms with Crippen molar-refractivity contribution in [2.24, 2.45) is 17.3 Å². The van der Waals surface area contributed by atoms with Crippen molar-refractivity contribution < 1.29 is 19.8 Å². The number of amides is 2. The van der Waals surface area contributed by atoms with Gasteiger partial charge in [0.1, 0.15) is 16.6 Å². The van der Waals surface area contributed by atoms with Gasteiger partial charge in [0.25, 0.3) is 0 Å². The van der Waals surface area contributed by atoms with Gasteiger partial charge in [-0.2, -0.15) is 0 Å². The number of aliphatic hydroxyl groups is 2. The third-order valence-electron chi connectivity index (χ3n) is 8.80. The Kier molecular flexibility index (Phi) is 10.3. The monoisotopic (exact) mass is 606 g/mol. The molecule has 4 rings (SSSR count). The van der Waals surface area contributed by atoms with Gasteiger partial charge >= 0.3 is 0 Å². The SMILES string of the molecule is CC(C)[C@@H](NC(=O)C(C)(C)C(=O)N[C@H](C(C)C)C(O)(c1ccccc1)c1ccccc1)C(O)(c1ccccc1)c1ccccc1. The zero-order chi connectivity index (χ0) is 32.8. The summed E-state index contributed by atoms with van der Waals surface area (Å²) in [4.78, 5) is 28.3. The summed E-state index contributed by atoms with van der Waals surface area (Å²) in [6.07, 6.45) is 0. The van der Waals surface area contributed by atoms with E-state index in [1.165, 1.54) is 0 Å². The Morgan fingerprint density at radius 1 is 0.489 bits per heavy atom. The molecule has 6 heteroatoms. The lowest BCUT2D eigenvalue weighted by Gasteiger charge is -2.43. The van der Waals surface area contributed by atoms with Crippen molar-refractivity contribution in [2.45, 2.75) is 64.8 Å². The van der Waals surface area contributed by atoms with Crippen LogP contribution in [0.15, 0.2) is 121 Å². The maximum absolute atomic E-state index is 14.1. The fraction of sp³-hybridized carbons (Fsp3) is 0.333. The molecule has 6 nitrogen and oxygen atoms in total. The van der Waals surface area contributed by atoms with E-state index in [4.69, 9.17) is 0 Å². The lowest BCUT2D eigenvalue weighted by atomic mass is 9.74. The van der Waals surface area contributed by atoms with Crippen molar-refractivity contribution in [1.29, 1.82) is 0 Å². The van der Waals surface area contributed by atoms with Crippen LogP contribution in [0.1, 0.15) is 63.8 Å². The highest BCUT2D eigenvalue weighted by Gasteiger charge is 2.48. The van der Waals surface area contributed by atoms with Gasteiger partial charge in [-0.15, -0.1) is 0 Å². The number of hydrogen-bond acceptors (Lipinski definition) is 4. The average Bonchev–Trinajstić information content (AvgIpc) is 3.06. The Morgan fingerprint density at radius 3 is 0.911 bits per heavy atom. The van der Waals surface area contributed by atoms with Crippen molar-refractivity contribution in [3.63, 3.8) is 0 Å². The Hall–Kier alpha value is -4.26. The van der Waals surface area contributed by atoms with Crippen LogP contribution in [0.2, 0.25) is 0 Å². The number of rotatable bonds is 12. The Balaban J connectivity index is 1.69. The first-order valence-corrected chi connectivity index (χ1v) is 15.6. The number of carbonyl (C=O) groups is 2. The van der Waals surface area contributed by atoms with Gasteiger partial charge in [0.15, 0.2) is 0 Å². The molecule has 2 atom stereocenters. The van der Waals surface area contributed by atoms with Gasteiger partial charge < -0.3 is 20.8 Å². The predicted molar refractivity (Wildman–Crippen MR) is 179 cm³/mol. The van der Waals surface area contributed by atoms with Gasteiger partial charge in [0.05, 0.1) is 12.1 Å². The summed E-state index contributed by atoms with van der Waals surface area (Å²) in [7, 11) is 0. The second-order valence-electron chi connectivity index (χ2n) is 13.0. The van der Waals surface area contributed by atoms with Crippen LogP contribution in [0.25, 0.3) is 0 Å². The zero-order valence-electron chi connectivity index (χ0n) is 27.1. The summed E-state index contributed by atoms with van der Waals surface area (Å²) in [5.41, 5.74) is -2.16. The summed E-state index contributed by atoms with van der Waals surface area (Å²) in [6, 6.07) is 35.5. The molecule has 0 aliphatic rings. The van der Waals surface area contributed by atoms with Crippen molar-refractivity contribution in [3.05, 3.63) is 144 Å². The van der Waals surface area contributed by atoms with Gasteiger partial charge in [-0.05, 0) is 47.9 Å². The molecule has 0 saturated heterocycles. The van der Waals surface area contributed by atoms with Crippen LogP contribution in [0.5, 0.6) is 0 Å². The third kappa shape index (κ3) is 6.73. The average molecular weight is 607 g/mol. The van der Waals surface area contributed by atoms with Gasteiger partial charge in [-0.3, -0.25) is 9.59 Å². The Labute approximate surface area is 267 Å². The molecule has 0 fully saturated rings. The molecular weight excluding hydrogens is 560 g/mol. The highest BCUT2D eigenvalue weighted by Crippen LogP contribution is 2.38. The van der Waals surface area contributed by atoms with E-state index >= 15 is 0 Å². The molecule has 0 aliphatic heterocycles. The smallest absolute Gasteiger partial charge is 0.235 e. The number of carbonyl (C=O) groups excluding carboxylic acids is 2. The maximum atomic E-state index is 14.1. The molecule has 0 radical (unpaired) electrons. The van der Waals surface area contributed by atoms with Crippen LogP contribution >= 0.6 is 0 Å². The first-order valence-electron chi connectivity index (χ1n) is 15.6. The van der Waals surface area contributed by atoms with Gasteiger partial charge in [0.2, 0.25) is 11.8 Å². The van der Waals surface area contributed by atoms with Crippen LogP contribution in [-0.2, 0) is 20.8 Å². The molecule has 4 N–H and O–H groups in total. The molecule has 2 amide bonds. The van der Waals surface area contributed by atoms with Crippen molar-refractivity contribution in [2.75, 3.05) is 0 Å². The molecule has 0 unspecified atom stereocenters. The number of nitrogens with one attached hydrogen (secondary N) is 2. The van der Waals surface area contributed by atoms with E-state index in [1.54, 1.807) is 13.8 Å². The first kappa shape index (κ1) is 33.6. The standard InChI is InChI=1S/C39H46N2O4/c1-27(2)33(38(44,29-19-11-7-12-20-29)30-21-13-8-14-22-30)40-35(42)37(5,6)36(43)41-34(28(3)4)39(45,31-23-15-9-16-24-31)32-25-17-10-18-26-32/h7-28,33-34,44-45H,1-6H3,(H,40,42)(H,41,43)/t33-,34-/m1/s1. The van der Waals surface area contributed by atoms with Crippen LogP contribution in [0.3, 0.4) is 0 Å². The van der Waals surface area contributed by atoms with Gasteiger partial charge in [-0.25, -0.2) is 0 Å². The Morgan fingerprint density at radius 2 is 0.711 bits per heavy atom. The van der Waals surface area contributed by atoms with Gasteiger partial charge in [-0.1, -0.05) is 149 Å². The maximum Gasteiger partial charge on any atom is 0.235 e. The highest BCUT2D eigenvalue weighted by atomic mass is 16.3. The molecule has 0 saturated carbocycles. The van der Waals surface area contributed by atoms with Gasteiger partial charge in [0, 0.05) is 0 Å². The summed E-state index contributed by atoms with van der Waals surface area (Å²) >= 11 is 0. The minimum Gasteiger partial charge on any atom is -0.378 e. The van der Waals surface area contributed by atoms with E-state index in [0.29, 0.717) is 22.3 Å². The quantitative estimate of drug-likeness (QED) is 0.145. The minimum atomic E-state index is -1.57. The first-order chi connectivity index (χ1) is 21.3. The zero-order valence-corrected chi connectivity index (χ0v) is 27.1. The van der Waals surface area contributed by atoms with Crippen LogP contribution in [0, 0.1) is 17.3 Å². The number of hydrogen-bond donors (Lipinski definition) is 4. The molecule has 236 valence electrons. The fourth-order valence-corrected chi connectivity index (χ4v) is 6.07. The van der Waals surface area contributed by atoms with Crippen LogP contribution in [0.4, 0.5) is 0 Å². The van der Waals surface area contributed by atoms with E-state index in [9.17, 15) is 19.8 Å². The molecule has 0 spiro atoms. The second-order valence-corrected chi connectivity index (χ2v) is 13.0. The molecular formula is C39H46N2O4. The summed E-state index contributed by atoms with van der Waals surface area (Å²) in [5.74, 6) is -1.48. The minimum absolute atomic E-state index is 0.206. The summed E-state index contributed by atoms with van der Waals surface area (Å²) in [6.45, 7) is 10.9. The third-order valence-corrected chi connectivity index (χ3v) is 8.80. The van der Waals surface area contributed by atoms with Crippen LogP contribution < -0.4 is 10.6 Å². The highest BCUT2D eigenvalue weighted by molar-refractivity contribution is 6.04. The van der Waals surface area contributed by atoms with E-state index in [1.807, 2.05) is 149 Å². The largest absolute Gasteiger partial charge is 0.378 e. The van der Waals surface area contributed by atoms with E-state index < -0.39 is 40.5 Å². The lowest BCUT2D eigenvalue weighted by Crippen LogP contribution is -2.61. The van der Waals surface area contributed by atoms with E-state index in [2.05, 4.69) is 10.6 Å². The molecule has 0 heterocycles. The molecule has 4 aromatic carbocycles. The fourth-order valence-electron chi connectivity index (χ4n) is 6.07. The normalized spacial score (nSPS) is 13.7.